The van der Waals surface area contributed by atoms with E-state index in [9.17, 15) is 62.9 Å². The Kier molecular flexibility index (Phi) is 24.1. The number of Topliss-reactive ketones (excluding diaryl/α,β-unsaturated/α-hetero) is 2. The Morgan fingerprint density at radius 3 is 2.08 bits per heavy atom. The third kappa shape index (κ3) is 17.3. The van der Waals surface area contributed by atoms with Gasteiger partial charge in [0, 0.05) is 55.6 Å². The Labute approximate surface area is 557 Å². The largest absolute Gasteiger partial charge is 0.455 e. The van der Waals surface area contributed by atoms with Gasteiger partial charge in [-0.05, 0) is 150 Å². The molecule has 0 radical (unpaired) electrons. The maximum Gasteiger partial charge on any atom is 0.408 e. The summed E-state index contributed by atoms with van der Waals surface area (Å²) < 4.78 is 37.9. The van der Waals surface area contributed by atoms with Crippen LogP contribution in [0.15, 0.2) is 102 Å². The Hall–Kier alpha value is -8.68. The Morgan fingerprint density at radius 2 is 1.47 bits per heavy atom. The van der Waals surface area contributed by atoms with Gasteiger partial charge in [-0.15, -0.1) is 0 Å². The topological polar surface area (TPSA) is 386 Å². The highest BCUT2D eigenvalue weighted by Crippen LogP contribution is 2.69. The fourth-order valence-electron chi connectivity index (χ4n) is 14.2. The number of ether oxygens (including phenoxy) is 4. The first kappa shape index (κ1) is 74.7. The minimum Gasteiger partial charge on any atom is -0.455 e. The van der Waals surface area contributed by atoms with E-state index in [0.29, 0.717) is 18.4 Å². The Bertz CT molecular complexity index is 3480. The third-order valence-corrected chi connectivity index (χ3v) is 19.8. The van der Waals surface area contributed by atoms with Crippen molar-refractivity contribution in [3.05, 3.63) is 125 Å². The Morgan fingerprint density at radius 1 is 0.802 bits per heavy atom. The summed E-state index contributed by atoms with van der Waals surface area (Å²) in [5.41, 5.74) is 4.49. The van der Waals surface area contributed by atoms with Crippen LogP contribution in [-0.4, -0.2) is 141 Å². The lowest BCUT2D eigenvalue weighted by atomic mass is 9.37. The zero-order chi connectivity index (χ0) is 70.8. The molecule has 0 aromatic heterocycles. The minimum absolute atomic E-state index is 0.0288. The molecule has 2 bridgehead atoms. The van der Waals surface area contributed by atoms with E-state index in [2.05, 4.69) is 21.3 Å². The van der Waals surface area contributed by atoms with Crippen LogP contribution in [0.5, 0.6) is 0 Å². The summed E-state index contributed by atoms with van der Waals surface area (Å²) in [6.07, 6.45) is -7.60. The number of unbranched alkanes of at least 4 members (excludes halogenated alkanes) is 1. The van der Waals surface area contributed by atoms with E-state index < -0.39 is 185 Å². The molecule has 3 aromatic rings. The van der Waals surface area contributed by atoms with Crippen LogP contribution in [-0.2, 0) is 62.1 Å². The second-order valence-corrected chi connectivity index (χ2v) is 27.7. The van der Waals surface area contributed by atoms with Gasteiger partial charge in [-0.2, -0.15) is 0 Å². The summed E-state index contributed by atoms with van der Waals surface area (Å²) in [6.45, 7) is 14.4. The van der Waals surface area contributed by atoms with Crippen LogP contribution in [0.1, 0.15) is 167 Å². The second-order valence-electron chi connectivity index (χ2n) is 27.7. The van der Waals surface area contributed by atoms with Crippen molar-refractivity contribution in [3.8, 4) is 0 Å². The molecular formula is C71H91FN6O18. The van der Waals surface area contributed by atoms with E-state index in [0.717, 1.165) is 6.08 Å². The van der Waals surface area contributed by atoms with Crippen LogP contribution in [0.4, 0.5) is 9.18 Å². The number of rotatable bonds is 28. The molecular weight excluding hydrogens is 1240 g/mol. The molecule has 96 heavy (non-hydrogen) atoms. The van der Waals surface area contributed by atoms with Crippen molar-refractivity contribution in [2.24, 2.45) is 45.5 Å². The number of halogens is 1. The summed E-state index contributed by atoms with van der Waals surface area (Å²) in [5, 5.41) is 48.7. The summed E-state index contributed by atoms with van der Waals surface area (Å²) in [7, 11) is 0. The molecule has 7 rings (SSSR count). The molecule has 0 saturated heterocycles. The van der Waals surface area contributed by atoms with E-state index in [1.54, 1.807) is 96.1 Å². The van der Waals surface area contributed by atoms with Crippen LogP contribution in [0.3, 0.4) is 0 Å². The van der Waals surface area contributed by atoms with Gasteiger partial charge in [0.05, 0.1) is 29.5 Å². The molecule has 4 aliphatic rings. The zero-order valence-electron chi connectivity index (χ0n) is 55.8. The number of nitrogens with one attached hydrogen (secondary N) is 4. The van der Waals surface area contributed by atoms with Crippen molar-refractivity contribution in [2.45, 2.75) is 199 Å². The van der Waals surface area contributed by atoms with Crippen LogP contribution in [0.2, 0.25) is 0 Å². The summed E-state index contributed by atoms with van der Waals surface area (Å²) in [6, 6.07) is 17.7. The molecule has 0 spiro atoms. The molecule has 24 nitrogen and oxygen atoms in total. The highest BCUT2D eigenvalue weighted by Gasteiger charge is 2.74. The van der Waals surface area contributed by atoms with Gasteiger partial charge in [0.15, 0.2) is 11.6 Å². The van der Waals surface area contributed by atoms with Crippen LogP contribution in [0, 0.1) is 39.8 Å². The molecule has 0 heterocycles. The smallest absolute Gasteiger partial charge is 0.408 e. The fraction of sp³-hybridized carbons (Fsp3) is 0.535. The van der Waals surface area contributed by atoms with Gasteiger partial charge in [0.2, 0.25) is 35.6 Å². The third-order valence-electron chi connectivity index (χ3n) is 19.8. The van der Waals surface area contributed by atoms with Crippen molar-refractivity contribution < 1.29 is 91.4 Å². The van der Waals surface area contributed by atoms with E-state index >= 15 is 9.59 Å². The van der Waals surface area contributed by atoms with Crippen LogP contribution in [0.25, 0.3) is 6.08 Å². The van der Waals surface area contributed by atoms with Gasteiger partial charge in [0.25, 0.3) is 0 Å². The lowest BCUT2D eigenvalue weighted by Crippen LogP contribution is -2.75. The number of carbonyl (C=O) groups excluding carboxylic acids is 11. The molecule has 3 fully saturated rings. The first-order valence-electron chi connectivity index (χ1n) is 32.5. The number of amides is 6. The van der Waals surface area contributed by atoms with Crippen molar-refractivity contribution in [2.75, 3.05) is 6.54 Å². The average Bonchev–Trinajstić information content (AvgIpc) is 0.675. The molecule has 6 amide bonds. The average molecular weight is 1340 g/mol. The van der Waals surface area contributed by atoms with Crippen LogP contribution < -0.4 is 32.7 Å². The van der Waals surface area contributed by atoms with E-state index in [4.69, 9.17) is 30.4 Å². The predicted molar refractivity (Wildman–Crippen MR) is 346 cm³/mol. The molecule has 2 unspecified atom stereocenters. The minimum atomic E-state index is -2.28. The van der Waals surface area contributed by atoms with E-state index in [-0.39, 0.29) is 73.3 Å². The molecule has 520 valence electrons. The van der Waals surface area contributed by atoms with Crippen molar-refractivity contribution in [1.82, 2.24) is 21.3 Å². The Balaban J connectivity index is 1.02. The predicted octanol–water partition coefficient (Wildman–Crippen LogP) is 5.76. The van der Waals surface area contributed by atoms with Gasteiger partial charge in [-0.3, -0.25) is 38.4 Å². The lowest BCUT2D eigenvalue weighted by molar-refractivity contribution is -0.266. The number of hydrogen-bond donors (Lipinski definition) is 9. The van der Waals surface area contributed by atoms with Crippen molar-refractivity contribution >= 4 is 71.2 Å². The molecule has 3 aromatic carbocycles. The lowest BCUT2D eigenvalue weighted by Gasteiger charge is -2.68. The van der Waals surface area contributed by atoms with Gasteiger partial charge < -0.3 is 67.0 Å². The number of fused-ring (bicyclic) bond motifs is 5. The summed E-state index contributed by atoms with van der Waals surface area (Å²) in [5.74, 6) is -11.1. The number of esters is 3. The molecule has 14 atom stereocenters. The number of alkyl carbamates (subject to hydrolysis) is 1. The SMILES string of the molecule is CC1=C2[C@@H](O)C(=O)[C@@]3(C)[C@H]([C@H](OC(=O)c4ccccc4)[C@](O)(C[C@@H]1OC(=O)[C@H](OC(=O)CCC(=O)NCCCCC(NC(=O)CC[C@H](CC(=O)C(C)NC(=O)/C=C/c1cccc(F)c1)C(N)=O)C(N)=O)[C@@H](NC(=O)OC(C)(C)C)c1ccccc1)C2(C)C)[C@]1(C)CC[C@@H]1C[C@@H]3O. The monoisotopic (exact) mass is 1330 g/mol. The van der Waals surface area contributed by atoms with Crippen LogP contribution >= 0.6 is 0 Å². The van der Waals surface area contributed by atoms with Gasteiger partial charge in [0.1, 0.15) is 47.4 Å². The quantitative estimate of drug-likeness (QED) is 0.0137. The van der Waals surface area contributed by atoms with E-state index in [1.807, 2.05) is 6.92 Å². The first-order valence-corrected chi connectivity index (χ1v) is 32.5. The number of hydrogen-bond acceptors (Lipinski definition) is 18. The van der Waals surface area contributed by atoms with Crippen molar-refractivity contribution in [3.63, 3.8) is 0 Å². The maximum absolute atomic E-state index is 15.3. The summed E-state index contributed by atoms with van der Waals surface area (Å²) in [4.78, 5) is 149. The molecule has 4 aliphatic carbocycles. The number of aliphatic hydroxyl groups excluding tert-OH is 2. The normalized spacial score (nSPS) is 25.8. The number of ketones is 2. The van der Waals surface area contributed by atoms with Crippen molar-refractivity contribution in [1.29, 1.82) is 0 Å². The van der Waals surface area contributed by atoms with Gasteiger partial charge in [-0.1, -0.05) is 81.4 Å². The number of aliphatic hydroxyl groups is 3. The molecule has 3 saturated carbocycles. The molecule has 25 heteroatoms. The van der Waals surface area contributed by atoms with E-state index in [1.165, 1.54) is 50.3 Å². The highest BCUT2D eigenvalue weighted by molar-refractivity contribution is 5.97. The zero-order valence-corrected chi connectivity index (χ0v) is 55.8. The van der Waals surface area contributed by atoms with Gasteiger partial charge in [-0.25, -0.2) is 18.8 Å². The highest BCUT2D eigenvalue weighted by atomic mass is 19.1. The second kappa shape index (κ2) is 31.0. The first-order chi connectivity index (χ1) is 45.0. The van der Waals surface area contributed by atoms with Gasteiger partial charge >= 0.3 is 24.0 Å². The molecule has 0 aliphatic heterocycles. The number of primary amides is 2. The number of carbonyl (C=O) groups is 11. The maximum atomic E-state index is 15.3. The standard InChI is InChI=1S/C71H91FN6O18/c1-39-49(38-71(92)61(95-64(89)43-22-14-11-15-23-43)59-69(8)33-32-45(69)37-50(80)70(59,9)60(86)57(85)55(39)68(71,6)7)93-65(90)58(56(42-20-12-10-13-21-42)78-66(91)96-67(3,4)5)94-54(84)31-30-51(81)75-34-17-16-25-47(63(74)88)77-53(83)29-27-44(62(73)87)36-48(79)40(2)76-52(82)28-26-41-19-18-24-46(72)35-41/h10-15,18-24,26,28,35,40,44-45,47,49-50,56-59,61,80,85,92H,16-17,25,27,29-34,36-38H2,1-9H3,(H2,73,87)(H2,74,88)(H,75,81)(H,76,82)(H,77,83)(H,78,91)/b28-26+/t40?,44-,45-,47?,49+,50+,56+,57-,58-,59-,61+,69-,70-,71-/m1/s1. The fourth-order valence-corrected chi connectivity index (χ4v) is 14.2. The summed E-state index contributed by atoms with van der Waals surface area (Å²) >= 11 is 0. The number of benzene rings is 3. The molecule has 11 N–H and O–H groups in total. The number of nitrogens with two attached hydrogens (primary N) is 2.